The lowest BCUT2D eigenvalue weighted by Gasteiger charge is -2.28. The number of anilines is 1. The molecule has 0 N–H and O–H groups in total. The molecule has 126 valence electrons. The van der Waals surface area contributed by atoms with E-state index >= 15 is 0 Å². The predicted molar refractivity (Wildman–Crippen MR) is 90.7 cm³/mol. The molecule has 6 nitrogen and oxygen atoms in total. The quantitative estimate of drug-likeness (QED) is 0.621. The minimum atomic E-state index is -0.398. The van der Waals surface area contributed by atoms with Crippen LogP contribution in [0.15, 0.2) is 18.2 Å². The fraction of sp³-hybridized carbons (Fsp3) is 0.588. The van der Waals surface area contributed by atoms with Gasteiger partial charge >= 0.3 is 0 Å². The van der Waals surface area contributed by atoms with Gasteiger partial charge in [-0.1, -0.05) is 26.8 Å². The highest BCUT2D eigenvalue weighted by molar-refractivity contribution is 5.81. The first-order valence-electron chi connectivity index (χ1n) is 7.99. The molecule has 6 heteroatoms. The van der Waals surface area contributed by atoms with Crippen LogP contribution in [0.25, 0.3) is 0 Å². The number of nitro groups is 1. The van der Waals surface area contributed by atoms with Crippen molar-refractivity contribution in [3.8, 4) is 0 Å². The van der Waals surface area contributed by atoms with Gasteiger partial charge in [-0.2, -0.15) is 0 Å². The summed E-state index contributed by atoms with van der Waals surface area (Å²) in [4.78, 5) is 27.3. The SMILES string of the molecule is Cc1ccc(N2CCCN(C(=O)C(C)(C)C)CC2)c([N+](=O)[O-])c1. The van der Waals surface area contributed by atoms with Gasteiger partial charge < -0.3 is 9.80 Å². The number of benzene rings is 1. The highest BCUT2D eigenvalue weighted by Crippen LogP contribution is 2.30. The molecule has 1 heterocycles. The Kier molecular flexibility index (Phi) is 4.92. The van der Waals surface area contributed by atoms with Crippen molar-refractivity contribution in [1.29, 1.82) is 0 Å². The highest BCUT2D eigenvalue weighted by atomic mass is 16.6. The minimum absolute atomic E-state index is 0.137. The van der Waals surface area contributed by atoms with Crippen LogP contribution in [0.3, 0.4) is 0 Å². The molecule has 0 aromatic heterocycles. The van der Waals surface area contributed by atoms with Gasteiger partial charge in [-0.15, -0.1) is 0 Å². The zero-order valence-electron chi connectivity index (χ0n) is 14.3. The van der Waals surface area contributed by atoms with Crippen molar-refractivity contribution < 1.29 is 9.72 Å². The lowest BCUT2D eigenvalue weighted by Crippen LogP contribution is -2.41. The maximum Gasteiger partial charge on any atom is 0.292 e. The molecule has 0 radical (unpaired) electrons. The van der Waals surface area contributed by atoms with Crippen molar-refractivity contribution in [2.24, 2.45) is 5.41 Å². The highest BCUT2D eigenvalue weighted by Gasteiger charge is 2.29. The molecule has 0 saturated carbocycles. The van der Waals surface area contributed by atoms with Gasteiger partial charge in [0, 0.05) is 37.7 Å². The summed E-state index contributed by atoms with van der Waals surface area (Å²) in [6.45, 7) is 10.2. The van der Waals surface area contributed by atoms with E-state index in [1.54, 1.807) is 6.07 Å². The second kappa shape index (κ2) is 6.56. The summed E-state index contributed by atoms with van der Waals surface area (Å²) in [6, 6.07) is 5.32. The number of rotatable bonds is 2. The molecule has 1 aromatic carbocycles. The predicted octanol–water partition coefficient (Wildman–Crippen LogP) is 2.99. The third-order valence-corrected chi connectivity index (χ3v) is 4.09. The standard InChI is InChI=1S/C17H25N3O3/c1-13-6-7-14(15(12-13)20(22)23)18-8-5-9-19(11-10-18)16(21)17(2,3)4/h6-7,12H,5,8-11H2,1-4H3. The number of amides is 1. The van der Waals surface area contributed by atoms with Crippen LogP contribution in [-0.2, 0) is 4.79 Å². The Labute approximate surface area is 137 Å². The van der Waals surface area contributed by atoms with Gasteiger partial charge in [-0.3, -0.25) is 14.9 Å². The average Bonchev–Trinajstić information content (AvgIpc) is 2.71. The summed E-state index contributed by atoms with van der Waals surface area (Å²) in [5.74, 6) is 0.137. The van der Waals surface area contributed by atoms with Crippen LogP contribution in [0.5, 0.6) is 0 Å². The topological polar surface area (TPSA) is 66.7 Å². The summed E-state index contributed by atoms with van der Waals surface area (Å²) < 4.78 is 0. The van der Waals surface area contributed by atoms with E-state index in [4.69, 9.17) is 0 Å². The first-order valence-corrected chi connectivity index (χ1v) is 7.99. The van der Waals surface area contributed by atoms with E-state index < -0.39 is 5.41 Å². The van der Waals surface area contributed by atoms with Crippen LogP contribution in [0, 0.1) is 22.5 Å². The first kappa shape index (κ1) is 17.2. The maximum atomic E-state index is 12.4. The number of aryl methyl sites for hydroxylation is 1. The molecule has 1 aliphatic heterocycles. The molecular weight excluding hydrogens is 294 g/mol. The second-order valence-electron chi connectivity index (χ2n) is 7.13. The number of carbonyl (C=O) groups is 1. The Morgan fingerprint density at radius 1 is 1.17 bits per heavy atom. The largest absolute Gasteiger partial charge is 0.364 e. The first-order chi connectivity index (χ1) is 10.7. The maximum absolute atomic E-state index is 12.4. The van der Waals surface area contributed by atoms with Crippen LogP contribution in [0.2, 0.25) is 0 Å². The smallest absolute Gasteiger partial charge is 0.292 e. The van der Waals surface area contributed by atoms with Gasteiger partial charge in [0.25, 0.3) is 5.69 Å². The second-order valence-corrected chi connectivity index (χ2v) is 7.13. The molecule has 0 unspecified atom stereocenters. The van der Waals surface area contributed by atoms with Gasteiger partial charge in [0.15, 0.2) is 0 Å². The summed E-state index contributed by atoms with van der Waals surface area (Å²) in [6.07, 6.45) is 0.812. The lowest BCUT2D eigenvalue weighted by molar-refractivity contribution is -0.384. The van der Waals surface area contributed by atoms with E-state index in [-0.39, 0.29) is 16.5 Å². The molecule has 1 aromatic rings. The fourth-order valence-electron chi connectivity index (χ4n) is 2.88. The number of nitro benzene ring substituents is 1. The van der Waals surface area contributed by atoms with E-state index in [9.17, 15) is 14.9 Å². The molecule has 0 bridgehead atoms. The van der Waals surface area contributed by atoms with Crippen molar-refractivity contribution in [2.75, 3.05) is 31.1 Å². The summed E-state index contributed by atoms with van der Waals surface area (Å²) in [5.41, 5.74) is 1.26. The Balaban J connectivity index is 2.18. The fourth-order valence-corrected chi connectivity index (χ4v) is 2.88. The monoisotopic (exact) mass is 319 g/mol. The van der Waals surface area contributed by atoms with E-state index in [0.29, 0.717) is 25.3 Å². The molecular formula is C17H25N3O3. The average molecular weight is 319 g/mol. The molecule has 1 saturated heterocycles. The molecule has 0 atom stereocenters. The van der Waals surface area contributed by atoms with Gasteiger partial charge in [0.2, 0.25) is 5.91 Å². The van der Waals surface area contributed by atoms with Crippen LogP contribution >= 0.6 is 0 Å². The zero-order chi connectivity index (χ0) is 17.2. The van der Waals surface area contributed by atoms with Crippen molar-refractivity contribution in [2.45, 2.75) is 34.1 Å². The van der Waals surface area contributed by atoms with Crippen LogP contribution in [0.4, 0.5) is 11.4 Å². The summed E-state index contributed by atoms with van der Waals surface area (Å²) in [5, 5.41) is 11.3. The van der Waals surface area contributed by atoms with Crippen LogP contribution in [-0.4, -0.2) is 41.9 Å². The summed E-state index contributed by atoms with van der Waals surface area (Å²) in [7, 11) is 0. The van der Waals surface area contributed by atoms with Crippen LogP contribution in [0.1, 0.15) is 32.8 Å². The van der Waals surface area contributed by atoms with Crippen molar-refractivity contribution in [1.82, 2.24) is 4.90 Å². The van der Waals surface area contributed by atoms with Gasteiger partial charge in [0.1, 0.15) is 5.69 Å². The van der Waals surface area contributed by atoms with Gasteiger partial charge in [-0.25, -0.2) is 0 Å². The molecule has 2 rings (SSSR count). The Hall–Kier alpha value is -2.11. The van der Waals surface area contributed by atoms with Crippen LogP contribution < -0.4 is 4.90 Å². The van der Waals surface area contributed by atoms with E-state index in [2.05, 4.69) is 0 Å². The van der Waals surface area contributed by atoms with Crippen molar-refractivity contribution >= 4 is 17.3 Å². The molecule has 1 fully saturated rings. The van der Waals surface area contributed by atoms with E-state index in [1.165, 1.54) is 0 Å². The zero-order valence-corrected chi connectivity index (χ0v) is 14.3. The Morgan fingerprint density at radius 2 is 1.87 bits per heavy atom. The molecule has 0 spiro atoms. The molecule has 1 aliphatic rings. The number of carbonyl (C=O) groups excluding carboxylic acids is 1. The van der Waals surface area contributed by atoms with Crippen molar-refractivity contribution in [3.05, 3.63) is 33.9 Å². The third kappa shape index (κ3) is 4.00. The van der Waals surface area contributed by atoms with E-state index in [0.717, 1.165) is 18.5 Å². The molecule has 23 heavy (non-hydrogen) atoms. The lowest BCUT2D eigenvalue weighted by atomic mass is 9.94. The Bertz CT molecular complexity index is 608. The minimum Gasteiger partial charge on any atom is -0.364 e. The number of nitrogens with zero attached hydrogens (tertiary/aromatic N) is 3. The van der Waals surface area contributed by atoms with Gasteiger partial charge in [0.05, 0.1) is 4.92 Å². The Morgan fingerprint density at radius 3 is 2.48 bits per heavy atom. The third-order valence-electron chi connectivity index (χ3n) is 4.09. The van der Waals surface area contributed by atoms with Gasteiger partial charge in [-0.05, 0) is 25.0 Å². The molecule has 0 aliphatic carbocycles. The van der Waals surface area contributed by atoms with Crippen molar-refractivity contribution in [3.63, 3.8) is 0 Å². The normalized spacial score (nSPS) is 16.2. The number of hydrogen-bond donors (Lipinski definition) is 0. The van der Waals surface area contributed by atoms with E-state index in [1.807, 2.05) is 49.6 Å². The number of hydrogen-bond acceptors (Lipinski definition) is 4. The molecule has 1 amide bonds. The summed E-state index contributed by atoms with van der Waals surface area (Å²) >= 11 is 0.